The first-order chi connectivity index (χ1) is 18.6. The van der Waals surface area contributed by atoms with Gasteiger partial charge in [0.1, 0.15) is 28.6 Å². The minimum atomic E-state index is -4.03. The van der Waals surface area contributed by atoms with Crippen molar-refractivity contribution in [2.24, 2.45) is 0 Å². The highest BCUT2D eigenvalue weighted by Gasteiger charge is 2.43. The molecule has 0 fully saturated rings. The summed E-state index contributed by atoms with van der Waals surface area (Å²) in [5.41, 5.74) is 3.94. The predicted molar refractivity (Wildman–Crippen MR) is 150 cm³/mol. The first-order valence-electron chi connectivity index (χ1n) is 11.9. The Kier molecular flexibility index (Phi) is 6.50. The molecular weight excluding hydrogens is 519 g/mol. The molecule has 2 aromatic heterocycles. The second-order valence-corrected chi connectivity index (χ2v) is 11.3. The van der Waals surface area contributed by atoms with Gasteiger partial charge in [-0.05, 0) is 66.7 Å². The lowest BCUT2D eigenvalue weighted by atomic mass is 10.2. The summed E-state index contributed by atoms with van der Waals surface area (Å²) >= 11 is 1.55. The van der Waals surface area contributed by atoms with Crippen LogP contribution in [0.5, 0.6) is 17.2 Å². The van der Waals surface area contributed by atoms with Crippen LogP contribution in [0.25, 0.3) is 21.2 Å². The zero-order chi connectivity index (χ0) is 26.0. The molecule has 6 rings (SSSR count). The predicted octanol–water partition coefficient (Wildman–Crippen LogP) is 8.51. The summed E-state index contributed by atoms with van der Waals surface area (Å²) in [5.74, 6) is 0.893. The van der Waals surface area contributed by atoms with Gasteiger partial charge in [0.05, 0.1) is 22.8 Å². The molecule has 9 heteroatoms. The van der Waals surface area contributed by atoms with Crippen molar-refractivity contribution in [1.82, 2.24) is 4.98 Å². The first-order valence-corrected chi connectivity index (χ1v) is 14.4. The number of aromatic nitrogens is 1. The summed E-state index contributed by atoms with van der Waals surface area (Å²) in [6.07, 6.45) is 0. The summed E-state index contributed by atoms with van der Waals surface area (Å²) in [7, 11) is -2.43. The fourth-order valence-electron chi connectivity index (χ4n) is 4.10. The molecule has 0 aliphatic heterocycles. The molecule has 0 aliphatic rings. The second-order valence-electron chi connectivity index (χ2n) is 8.48. The number of para-hydroxylation sites is 2. The largest absolute Gasteiger partial charge is 0.497 e. The SMILES string of the molecule is COc1ccc2oc(C(Nc3ccc4scnc4c3)P(=O)(Oc3ccccc3)Oc3ccccc3)cc2c1. The number of hydrogen-bond donors (Lipinski definition) is 1. The highest BCUT2D eigenvalue weighted by atomic mass is 32.1. The van der Waals surface area contributed by atoms with Crippen LogP contribution in [0.15, 0.2) is 113 Å². The molecule has 0 saturated carbocycles. The van der Waals surface area contributed by atoms with Gasteiger partial charge in [-0.3, -0.25) is 0 Å². The zero-order valence-electron chi connectivity index (χ0n) is 20.3. The Morgan fingerprint density at radius 2 is 1.55 bits per heavy atom. The van der Waals surface area contributed by atoms with Crippen molar-refractivity contribution in [2.45, 2.75) is 5.78 Å². The van der Waals surface area contributed by atoms with Crippen LogP contribution in [0.4, 0.5) is 5.69 Å². The monoisotopic (exact) mass is 542 g/mol. The molecule has 0 bridgehead atoms. The van der Waals surface area contributed by atoms with Gasteiger partial charge < -0.3 is 23.5 Å². The molecule has 190 valence electrons. The number of methoxy groups -OCH3 is 1. The molecule has 1 atom stereocenters. The van der Waals surface area contributed by atoms with Gasteiger partial charge in [0, 0.05) is 11.1 Å². The van der Waals surface area contributed by atoms with Crippen molar-refractivity contribution in [3.63, 3.8) is 0 Å². The Morgan fingerprint density at radius 3 is 2.24 bits per heavy atom. The van der Waals surface area contributed by atoms with Crippen molar-refractivity contribution in [2.75, 3.05) is 12.4 Å². The van der Waals surface area contributed by atoms with Crippen LogP contribution in [0, 0.1) is 0 Å². The lowest BCUT2D eigenvalue weighted by molar-refractivity contribution is 0.368. The smallest absolute Gasteiger partial charge is 0.460 e. The Bertz CT molecular complexity index is 1690. The van der Waals surface area contributed by atoms with Crippen LogP contribution in [0.2, 0.25) is 0 Å². The average Bonchev–Trinajstić information content (AvgIpc) is 3.58. The molecule has 7 nitrogen and oxygen atoms in total. The minimum absolute atomic E-state index is 0.391. The molecule has 4 aromatic carbocycles. The van der Waals surface area contributed by atoms with Crippen LogP contribution in [-0.2, 0) is 4.57 Å². The van der Waals surface area contributed by atoms with E-state index >= 15 is 0 Å². The molecule has 0 amide bonds. The molecule has 2 heterocycles. The van der Waals surface area contributed by atoms with E-state index in [0.29, 0.717) is 34.3 Å². The normalized spacial score (nSPS) is 12.3. The van der Waals surface area contributed by atoms with E-state index in [2.05, 4.69) is 10.3 Å². The van der Waals surface area contributed by atoms with Crippen molar-refractivity contribution in [3.05, 3.63) is 114 Å². The van der Waals surface area contributed by atoms with Crippen LogP contribution in [0.1, 0.15) is 11.5 Å². The van der Waals surface area contributed by atoms with E-state index in [4.69, 9.17) is 18.2 Å². The molecular formula is C29H23N2O5PS. The Balaban J connectivity index is 1.49. The molecule has 6 aromatic rings. The van der Waals surface area contributed by atoms with Gasteiger partial charge in [0.15, 0.2) is 0 Å². The van der Waals surface area contributed by atoms with E-state index in [0.717, 1.165) is 15.6 Å². The number of hydrogen-bond acceptors (Lipinski definition) is 8. The summed E-state index contributed by atoms with van der Waals surface area (Å²) < 4.78 is 39.9. The van der Waals surface area contributed by atoms with Gasteiger partial charge in [-0.2, -0.15) is 0 Å². The quantitative estimate of drug-likeness (QED) is 0.183. The van der Waals surface area contributed by atoms with Gasteiger partial charge >= 0.3 is 7.60 Å². The maximum absolute atomic E-state index is 14.9. The molecule has 0 saturated heterocycles. The number of furan rings is 1. The second kappa shape index (κ2) is 10.2. The summed E-state index contributed by atoms with van der Waals surface area (Å²) in [6.45, 7) is 0. The summed E-state index contributed by atoms with van der Waals surface area (Å²) in [4.78, 5) is 4.42. The van der Waals surface area contributed by atoms with Crippen LogP contribution < -0.4 is 19.1 Å². The summed E-state index contributed by atoms with van der Waals surface area (Å²) in [6, 6.07) is 31.0. The van der Waals surface area contributed by atoms with E-state index in [1.807, 2.05) is 78.9 Å². The standard InChI is InChI=1S/C29H23N2O5PS/c1-33-24-13-14-26-20(16-24)17-27(34-26)29(31-21-12-15-28-25(18-21)30-19-38-28)37(32,35-22-8-4-2-5-9-22)36-23-10-6-3-7-11-23/h2-19,29,31H,1H3. The number of rotatable bonds is 9. The number of benzene rings is 4. The van der Waals surface area contributed by atoms with E-state index in [1.54, 1.807) is 48.2 Å². The molecule has 0 radical (unpaired) electrons. The number of fused-ring (bicyclic) bond motifs is 2. The number of nitrogens with zero attached hydrogens (tertiary/aromatic N) is 1. The van der Waals surface area contributed by atoms with Crippen LogP contribution in [0.3, 0.4) is 0 Å². The third-order valence-corrected chi connectivity index (χ3v) is 8.67. The van der Waals surface area contributed by atoms with Crippen molar-refractivity contribution >= 4 is 45.8 Å². The topological polar surface area (TPSA) is 82.8 Å². The molecule has 0 spiro atoms. The Labute approximate surface area is 223 Å². The van der Waals surface area contributed by atoms with Gasteiger partial charge in [-0.1, -0.05) is 36.4 Å². The zero-order valence-corrected chi connectivity index (χ0v) is 22.0. The highest BCUT2D eigenvalue weighted by molar-refractivity contribution is 7.55. The number of nitrogens with one attached hydrogen (secondary N) is 1. The lowest BCUT2D eigenvalue weighted by Gasteiger charge is -2.27. The fraction of sp³-hybridized carbons (Fsp3) is 0.0690. The van der Waals surface area contributed by atoms with Gasteiger partial charge in [0.25, 0.3) is 0 Å². The highest BCUT2D eigenvalue weighted by Crippen LogP contribution is 2.60. The number of anilines is 1. The number of ether oxygens (including phenoxy) is 1. The Hall–Kier alpha value is -4.26. The van der Waals surface area contributed by atoms with Crippen molar-refractivity contribution in [3.8, 4) is 17.2 Å². The van der Waals surface area contributed by atoms with Crippen LogP contribution in [-0.4, -0.2) is 12.1 Å². The fourth-order valence-corrected chi connectivity index (χ4v) is 6.58. The van der Waals surface area contributed by atoms with E-state index in [1.165, 1.54) is 0 Å². The van der Waals surface area contributed by atoms with Crippen molar-refractivity contribution in [1.29, 1.82) is 0 Å². The molecule has 1 N–H and O–H groups in total. The minimum Gasteiger partial charge on any atom is -0.497 e. The lowest BCUT2D eigenvalue weighted by Crippen LogP contribution is -2.17. The van der Waals surface area contributed by atoms with E-state index < -0.39 is 13.4 Å². The Morgan fingerprint density at radius 1 is 0.842 bits per heavy atom. The van der Waals surface area contributed by atoms with Crippen LogP contribution >= 0.6 is 18.9 Å². The number of thiazole rings is 1. The van der Waals surface area contributed by atoms with Gasteiger partial charge in [0.2, 0.25) is 5.78 Å². The third kappa shape index (κ3) is 4.96. The van der Waals surface area contributed by atoms with Gasteiger partial charge in [-0.25, -0.2) is 9.55 Å². The first kappa shape index (κ1) is 24.1. The molecule has 1 unspecified atom stereocenters. The van der Waals surface area contributed by atoms with Gasteiger partial charge in [-0.15, -0.1) is 11.3 Å². The maximum Gasteiger partial charge on any atom is 0.460 e. The van der Waals surface area contributed by atoms with E-state index in [-0.39, 0.29) is 0 Å². The molecule has 0 aliphatic carbocycles. The summed E-state index contributed by atoms with van der Waals surface area (Å²) in [5, 5.41) is 4.17. The third-order valence-electron chi connectivity index (χ3n) is 5.91. The van der Waals surface area contributed by atoms with E-state index in [9.17, 15) is 4.57 Å². The molecule has 38 heavy (non-hydrogen) atoms. The maximum atomic E-state index is 14.9. The average molecular weight is 543 g/mol. The van der Waals surface area contributed by atoms with Crippen molar-refractivity contribution < 1.29 is 22.8 Å².